The number of hydrogen-bond acceptors (Lipinski definition) is 3. The van der Waals surface area contributed by atoms with E-state index in [0.717, 1.165) is 16.3 Å². The van der Waals surface area contributed by atoms with Crippen molar-refractivity contribution in [1.29, 1.82) is 0 Å². The van der Waals surface area contributed by atoms with Crippen molar-refractivity contribution < 1.29 is 9.53 Å². The van der Waals surface area contributed by atoms with Gasteiger partial charge >= 0.3 is 0 Å². The molecule has 1 aromatic heterocycles. The number of nitrogens with one attached hydrogen (secondary N) is 1. The average molecular weight is 287 g/mol. The van der Waals surface area contributed by atoms with E-state index in [9.17, 15) is 4.79 Å². The number of rotatable bonds is 5. The Labute approximate surface area is 122 Å². The van der Waals surface area contributed by atoms with Gasteiger partial charge in [0.25, 0.3) is 0 Å². The van der Waals surface area contributed by atoms with Crippen LogP contribution in [0.3, 0.4) is 0 Å². The van der Waals surface area contributed by atoms with Gasteiger partial charge in [0, 0.05) is 16.6 Å². The van der Waals surface area contributed by atoms with E-state index in [-0.39, 0.29) is 5.91 Å². The zero-order valence-electron chi connectivity index (χ0n) is 11.6. The van der Waals surface area contributed by atoms with Gasteiger partial charge in [-0.05, 0) is 61.2 Å². The number of anilines is 1. The van der Waals surface area contributed by atoms with Crippen LogP contribution in [0.15, 0.2) is 41.8 Å². The van der Waals surface area contributed by atoms with Gasteiger partial charge in [-0.15, -0.1) is 11.3 Å². The molecule has 0 atom stereocenters. The number of hydrogen-bond donors (Lipinski definition) is 1. The van der Waals surface area contributed by atoms with Gasteiger partial charge in [0.05, 0.1) is 6.61 Å². The second kappa shape index (κ2) is 6.91. The predicted molar refractivity (Wildman–Crippen MR) is 84.3 cm³/mol. The molecule has 1 N–H and O–H groups in total. The van der Waals surface area contributed by atoms with E-state index in [1.807, 2.05) is 55.6 Å². The van der Waals surface area contributed by atoms with E-state index in [1.165, 1.54) is 5.56 Å². The topological polar surface area (TPSA) is 38.3 Å². The molecule has 1 amide bonds. The molecule has 0 saturated carbocycles. The molecule has 2 rings (SSSR count). The molecular weight excluding hydrogens is 270 g/mol. The molecule has 2 aromatic rings. The lowest BCUT2D eigenvalue weighted by molar-refractivity contribution is -0.111. The SMILES string of the molecule is CCOc1ccc(NC(=O)/C=C/c2sccc2C)cc1. The highest BCUT2D eigenvalue weighted by atomic mass is 32.1. The Hall–Kier alpha value is -2.07. The maximum absolute atomic E-state index is 11.8. The smallest absolute Gasteiger partial charge is 0.248 e. The highest BCUT2D eigenvalue weighted by molar-refractivity contribution is 7.11. The minimum Gasteiger partial charge on any atom is -0.494 e. The summed E-state index contributed by atoms with van der Waals surface area (Å²) >= 11 is 1.62. The minimum atomic E-state index is -0.137. The van der Waals surface area contributed by atoms with Gasteiger partial charge in [0.2, 0.25) is 5.91 Å². The second-order valence-electron chi connectivity index (χ2n) is 4.25. The first-order chi connectivity index (χ1) is 9.69. The number of carbonyl (C=O) groups excluding carboxylic acids is 1. The quantitative estimate of drug-likeness (QED) is 0.841. The molecule has 0 aliphatic heterocycles. The van der Waals surface area contributed by atoms with Gasteiger partial charge in [-0.1, -0.05) is 0 Å². The Balaban J connectivity index is 1.94. The molecule has 3 nitrogen and oxygen atoms in total. The van der Waals surface area contributed by atoms with E-state index in [2.05, 4.69) is 5.32 Å². The van der Waals surface area contributed by atoms with Crippen LogP contribution in [0.4, 0.5) is 5.69 Å². The van der Waals surface area contributed by atoms with E-state index in [0.29, 0.717) is 6.61 Å². The van der Waals surface area contributed by atoms with E-state index >= 15 is 0 Å². The van der Waals surface area contributed by atoms with Crippen LogP contribution in [-0.2, 0) is 4.79 Å². The Kier molecular flexibility index (Phi) is 4.96. The maximum atomic E-state index is 11.8. The third-order valence-corrected chi connectivity index (χ3v) is 3.70. The number of ether oxygens (including phenoxy) is 1. The zero-order valence-corrected chi connectivity index (χ0v) is 12.4. The summed E-state index contributed by atoms with van der Waals surface area (Å²) in [6.45, 7) is 4.60. The van der Waals surface area contributed by atoms with Crippen LogP contribution in [0.2, 0.25) is 0 Å². The minimum absolute atomic E-state index is 0.137. The third kappa shape index (κ3) is 3.96. The molecule has 4 heteroatoms. The highest BCUT2D eigenvalue weighted by Crippen LogP contribution is 2.18. The fraction of sp³-hybridized carbons (Fsp3) is 0.188. The predicted octanol–water partition coefficient (Wildman–Crippen LogP) is 4.11. The molecule has 0 unspecified atom stereocenters. The summed E-state index contributed by atoms with van der Waals surface area (Å²) in [5, 5.41) is 4.83. The Morgan fingerprint density at radius 1 is 1.30 bits per heavy atom. The molecule has 0 radical (unpaired) electrons. The first-order valence-electron chi connectivity index (χ1n) is 6.45. The second-order valence-corrected chi connectivity index (χ2v) is 5.20. The van der Waals surface area contributed by atoms with Crippen LogP contribution in [0.1, 0.15) is 17.4 Å². The van der Waals surface area contributed by atoms with Gasteiger partial charge in [0.1, 0.15) is 5.75 Å². The fourth-order valence-electron chi connectivity index (χ4n) is 1.69. The lowest BCUT2D eigenvalue weighted by Crippen LogP contribution is -2.07. The third-order valence-electron chi connectivity index (χ3n) is 2.72. The van der Waals surface area contributed by atoms with E-state index in [1.54, 1.807) is 17.4 Å². The van der Waals surface area contributed by atoms with E-state index in [4.69, 9.17) is 4.74 Å². The standard InChI is InChI=1S/C16H17NO2S/c1-3-19-14-6-4-13(5-7-14)17-16(18)9-8-15-12(2)10-11-20-15/h4-11H,3H2,1-2H3,(H,17,18)/b9-8+. The van der Waals surface area contributed by atoms with Gasteiger partial charge < -0.3 is 10.1 Å². The van der Waals surface area contributed by atoms with E-state index < -0.39 is 0 Å². The largest absolute Gasteiger partial charge is 0.494 e. The normalized spacial score (nSPS) is 10.7. The molecule has 0 aliphatic rings. The zero-order chi connectivity index (χ0) is 14.4. The summed E-state index contributed by atoms with van der Waals surface area (Å²) in [5.74, 6) is 0.664. The summed E-state index contributed by atoms with van der Waals surface area (Å²) in [6, 6.07) is 9.37. The van der Waals surface area contributed by atoms with Crippen molar-refractivity contribution in [2.45, 2.75) is 13.8 Å². The molecule has 0 fully saturated rings. The maximum Gasteiger partial charge on any atom is 0.248 e. The van der Waals surface area contributed by atoms with Crippen LogP contribution in [0.5, 0.6) is 5.75 Å². The van der Waals surface area contributed by atoms with Gasteiger partial charge in [-0.25, -0.2) is 0 Å². The molecule has 104 valence electrons. The molecule has 1 heterocycles. The number of benzene rings is 1. The van der Waals surface area contributed by atoms with Gasteiger partial charge in [0.15, 0.2) is 0 Å². The van der Waals surface area contributed by atoms with Crippen molar-refractivity contribution in [2.24, 2.45) is 0 Å². The average Bonchev–Trinajstić information content (AvgIpc) is 2.84. The van der Waals surface area contributed by atoms with Crippen LogP contribution < -0.4 is 10.1 Å². The number of aryl methyl sites for hydroxylation is 1. The number of carbonyl (C=O) groups is 1. The Morgan fingerprint density at radius 2 is 2.05 bits per heavy atom. The van der Waals surface area contributed by atoms with Gasteiger partial charge in [-0.3, -0.25) is 4.79 Å². The molecule has 0 spiro atoms. The van der Waals surface area contributed by atoms with Crippen LogP contribution in [-0.4, -0.2) is 12.5 Å². The Bertz CT molecular complexity index is 599. The summed E-state index contributed by atoms with van der Waals surface area (Å²) < 4.78 is 5.35. The van der Waals surface area contributed by atoms with Crippen LogP contribution >= 0.6 is 11.3 Å². The lowest BCUT2D eigenvalue weighted by atomic mass is 10.2. The number of amides is 1. The van der Waals surface area contributed by atoms with Crippen molar-refractivity contribution in [2.75, 3.05) is 11.9 Å². The fourth-order valence-corrected chi connectivity index (χ4v) is 2.51. The van der Waals surface area contributed by atoms with Crippen molar-refractivity contribution in [3.05, 3.63) is 52.2 Å². The molecule has 0 bridgehead atoms. The summed E-state index contributed by atoms with van der Waals surface area (Å²) in [4.78, 5) is 12.9. The summed E-state index contributed by atoms with van der Waals surface area (Å²) in [7, 11) is 0. The lowest BCUT2D eigenvalue weighted by Gasteiger charge is -2.05. The van der Waals surface area contributed by atoms with Crippen LogP contribution in [0, 0.1) is 6.92 Å². The molecule has 20 heavy (non-hydrogen) atoms. The van der Waals surface area contributed by atoms with Crippen molar-refractivity contribution in [3.63, 3.8) is 0 Å². The van der Waals surface area contributed by atoms with Crippen molar-refractivity contribution >= 4 is 29.0 Å². The monoisotopic (exact) mass is 287 g/mol. The molecular formula is C16H17NO2S. The summed E-state index contributed by atoms with van der Waals surface area (Å²) in [6.07, 6.45) is 3.39. The highest BCUT2D eigenvalue weighted by Gasteiger charge is 2.00. The molecule has 0 aliphatic carbocycles. The van der Waals surface area contributed by atoms with Gasteiger partial charge in [-0.2, -0.15) is 0 Å². The first kappa shape index (κ1) is 14.3. The van der Waals surface area contributed by atoms with Crippen LogP contribution in [0.25, 0.3) is 6.08 Å². The van der Waals surface area contributed by atoms with Crippen molar-refractivity contribution in [1.82, 2.24) is 0 Å². The van der Waals surface area contributed by atoms with Crippen molar-refractivity contribution in [3.8, 4) is 5.75 Å². The summed E-state index contributed by atoms with van der Waals surface area (Å²) in [5.41, 5.74) is 1.94. The number of thiophene rings is 1. The molecule has 1 aromatic carbocycles. The Morgan fingerprint density at radius 3 is 2.65 bits per heavy atom. The molecule has 0 saturated heterocycles. The first-order valence-corrected chi connectivity index (χ1v) is 7.33.